The number of nitrogens with one attached hydrogen (secondary N) is 1. The van der Waals surface area contributed by atoms with E-state index in [4.69, 9.17) is 10.8 Å². The molecular formula is C11H15N3O4. The third-order valence-corrected chi connectivity index (χ3v) is 2.36. The maximum atomic E-state index is 11.8. The van der Waals surface area contributed by atoms with Gasteiger partial charge in [0, 0.05) is 19.2 Å². The number of carbonyl (C=O) groups excluding carboxylic acids is 1. The second-order valence-corrected chi connectivity index (χ2v) is 3.84. The summed E-state index contributed by atoms with van der Waals surface area (Å²) in [7, 11) is 0. The lowest BCUT2D eigenvalue weighted by Gasteiger charge is -2.08. The van der Waals surface area contributed by atoms with Crippen LogP contribution in [0.25, 0.3) is 0 Å². The van der Waals surface area contributed by atoms with Gasteiger partial charge < -0.3 is 16.2 Å². The highest BCUT2D eigenvalue weighted by molar-refractivity contribution is 6.01. The van der Waals surface area contributed by atoms with E-state index in [-0.39, 0.29) is 30.1 Å². The second-order valence-electron chi connectivity index (χ2n) is 3.84. The molecule has 0 bridgehead atoms. The second kappa shape index (κ2) is 5.97. The van der Waals surface area contributed by atoms with Crippen molar-refractivity contribution in [2.75, 3.05) is 18.9 Å². The molecule has 0 heterocycles. The van der Waals surface area contributed by atoms with Crippen LogP contribution in [0.15, 0.2) is 12.1 Å². The summed E-state index contributed by atoms with van der Waals surface area (Å²) in [5.41, 5.74) is 5.85. The minimum atomic E-state index is -0.618. The van der Waals surface area contributed by atoms with Crippen LogP contribution < -0.4 is 11.1 Å². The Hall–Kier alpha value is -2.15. The Labute approximate surface area is 104 Å². The topological polar surface area (TPSA) is 118 Å². The van der Waals surface area contributed by atoms with Gasteiger partial charge in [-0.25, -0.2) is 0 Å². The zero-order valence-electron chi connectivity index (χ0n) is 9.97. The molecule has 1 aromatic rings. The number of amides is 1. The van der Waals surface area contributed by atoms with E-state index in [2.05, 4.69) is 5.32 Å². The van der Waals surface area contributed by atoms with Crippen LogP contribution in [-0.2, 0) is 0 Å². The molecule has 18 heavy (non-hydrogen) atoms. The van der Waals surface area contributed by atoms with Crippen LogP contribution in [0.4, 0.5) is 11.4 Å². The van der Waals surface area contributed by atoms with Gasteiger partial charge in [-0.2, -0.15) is 0 Å². The first-order valence-corrected chi connectivity index (χ1v) is 5.41. The predicted octanol–water partition coefficient (Wildman–Crippen LogP) is 0.598. The molecule has 7 heteroatoms. The number of nitro benzene ring substituents is 1. The molecule has 0 aliphatic rings. The third-order valence-electron chi connectivity index (χ3n) is 2.36. The summed E-state index contributed by atoms with van der Waals surface area (Å²) in [6, 6.07) is 2.82. The van der Waals surface area contributed by atoms with Crippen LogP contribution in [0.2, 0.25) is 0 Å². The van der Waals surface area contributed by atoms with Crippen molar-refractivity contribution in [2.45, 2.75) is 13.3 Å². The number of hydrogen-bond acceptors (Lipinski definition) is 5. The fourth-order valence-corrected chi connectivity index (χ4v) is 1.49. The zero-order valence-corrected chi connectivity index (χ0v) is 9.97. The predicted molar refractivity (Wildman–Crippen MR) is 66.3 cm³/mol. The number of benzene rings is 1. The Bertz CT molecular complexity index is 474. The lowest BCUT2D eigenvalue weighted by Crippen LogP contribution is -2.26. The van der Waals surface area contributed by atoms with Crippen LogP contribution in [0, 0.1) is 17.0 Å². The SMILES string of the molecule is Cc1cc(C(=O)NCCCO)c(N)c([N+](=O)[O-])c1. The largest absolute Gasteiger partial charge is 0.396 e. The first-order chi connectivity index (χ1) is 8.47. The molecule has 0 radical (unpaired) electrons. The Morgan fingerprint density at radius 3 is 2.78 bits per heavy atom. The number of rotatable bonds is 5. The van der Waals surface area contributed by atoms with Crippen molar-refractivity contribution in [3.63, 3.8) is 0 Å². The number of carbonyl (C=O) groups is 1. The zero-order chi connectivity index (χ0) is 13.7. The molecule has 1 aromatic carbocycles. The molecule has 0 fully saturated rings. The highest BCUT2D eigenvalue weighted by atomic mass is 16.6. The van der Waals surface area contributed by atoms with Gasteiger partial charge in [-0.15, -0.1) is 0 Å². The lowest BCUT2D eigenvalue weighted by molar-refractivity contribution is -0.384. The Kier molecular flexibility index (Phi) is 4.61. The number of nitrogens with zero attached hydrogens (tertiary/aromatic N) is 1. The molecule has 0 saturated heterocycles. The minimum absolute atomic E-state index is 0.0380. The number of hydrogen-bond donors (Lipinski definition) is 3. The van der Waals surface area contributed by atoms with Gasteiger partial charge >= 0.3 is 0 Å². The first kappa shape index (κ1) is 13.9. The maximum Gasteiger partial charge on any atom is 0.293 e. The van der Waals surface area contributed by atoms with E-state index in [9.17, 15) is 14.9 Å². The van der Waals surface area contributed by atoms with Crippen molar-refractivity contribution < 1.29 is 14.8 Å². The van der Waals surface area contributed by atoms with Gasteiger partial charge in [0.05, 0.1) is 10.5 Å². The molecule has 0 atom stereocenters. The summed E-state index contributed by atoms with van der Waals surface area (Å²) in [4.78, 5) is 21.9. The molecule has 7 nitrogen and oxygen atoms in total. The molecule has 0 aliphatic heterocycles. The van der Waals surface area contributed by atoms with E-state index < -0.39 is 10.8 Å². The highest BCUT2D eigenvalue weighted by Crippen LogP contribution is 2.26. The molecule has 1 amide bonds. The number of aliphatic hydroxyl groups is 1. The van der Waals surface area contributed by atoms with E-state index >= 15 is 0 Å². The summed E-state index contributed by atoms with van der Waals surface area (Å²) >= 11 is 0. The Morgan fingerprint density at radius 1 is 1.56 bits per heavy atom. The smallest absolute Gasteiger partial charge is 0.293 e. The van der Waals surface area contributed by atoms with Crippen LogP contribution in [0.3, 0.4) is 0 Å². The summed E-state index contributed by atoms with van der Waals surface area (Å²) in [5.74, 6) is -0.479. The van der Waals surface area contributed by atoms with Gasteiger partial charge in [0.15, 0.2) is 0 Å². The van der Waals surface area contributed by atoms with Crippen molar-refractivity contribution in [2.24, 2.45) is 0 Å². The average Bonchev–Trinajstić information content (AvgIpc) is 2.31. The molecule has 0 unspecified atom stereocenters. The van der Waals surface area contributed by atoms with Crippen LogP contribution >= 0.6 is 0 Å². The minimum Gasteiger partial charge on any atom is -0.396 e. The number of nitro groups is 1. The molecule has 0 saturated carbocycles. The molecule has 1 rings (SSSR count). The van der Waals surface area contributed by atoms with Gasteiger partial charge in [0.25, 0.3) is 11.6 Å². The standard InChI is InChI=1S/C11H15N3O4/c1-7-5-8(11(16)13-3-2-4-15)10(12)9(6-7)14(17)18/h5-6,15H,2-4,12H2,1H3,(H,13,16). The van der Waals surface area contributed by atoms with Crippen molar-refractivity contribution in [3.8, 4) is 0 Å². The van der Waals surface area contributed by atoms with Crippen LogP contribution in [-0.4, -0.2) is 29.1 Å². The Balaban J connectivity index is 3.01. The van der Waals surface area contributed by atoms with Gasteiger partial charge in [-0.1, -0.05) is 0 Å². The number of nitrogen functional groups attached to an aromatic ring is 1. The monoisotopic (exact) mass is 253 g/mol. The van der Waals surface area contributed by atoms with Crippen molar-refractivity contribution in [1.29, 1.82) is 0 Å². The summed E-state index contributed by atoms with van der Waals surface area (Å²) in [6.45, 7) is 1.90. The summed E-state index contributed by atoms with van der Waals surface area (Å²) in [6.07, 6.45) is 0.416. The van der Waals surface area contributed by atoms with Crippen molar-refractivity contribution in [3.05, 3.63) is 33.4 Å². The average molecular weight is 253 g/mol. The molecule has 0 spiro atoms. The fraction of sp³-hybridized carbons (Fsp3) is 0.364. The first-order valence-electron chi connectivity index (χ1n) is 5.41. The molecular weight excluding hydrogens is 238 g/mol. The highest BCUT2D eigenvalue weighted by Gasteiger charge is 2.20. The van der Waals surface area contributed by atoms with E-state index in [1.54, 1.807) is 6.92 Å². The van der Waals surface area contributed by atoms with Crippen molar-refractivity contribution in [1.82, 2.24) is 5.32 Å². The van der Waals surface area contributed by atoms with Gasteiger partial charge in [0.1, 0.15) is 5.69 Å². The number of aryl methyl sites for hydroxylation is 1. The quantitative estimate of drug-likeness (QED) is 0.307. The van der Waals surface area contributed by atoms with Crippen molar-refractivity contribution >= 4 is 17.3 Å². The van der Waals surface area contributed by atoms with Crippen LogP contribution in [0.5, 0.6) is 0 Å². The summed E-state index contributed by atoms with van der Waals surface area (Å²) < 4.78 is 0. The van der Waals surface area contributed by atoms with Gasteiger partial charge in [0.2, 0.25) is 0 Å². The summed E-state index contributed by atoms with van der Waals surface area (Å²) in [5, 5.41) is 21.9. The Morgan fingerprint density at radius 2 is 2.22 bits per heavy atom. The fourth-order valence-electron chi connectivity index (χ4n) is 1.49. The van der Waals surface area contributed by atoms with Gasteiger partial charge in [-0.3, -0.25) is 14.9 Å². The maximum absolute atomic E-state index is 11.8. The molecule has 98 valence electrons. The van der Waals surface area contributed by atoms with E-state index in [1.165, 1.54) is 12.1 Å². The van der Waals surface area contributed by atoms with E-state index in [0.29, 0.717) is 12.0 Å². The molecule has 4 N–H and O–H groups in total. The normalized spacial score (nSPS) is 10.1. The number of anilines is 1. The number of aliphatic hydroxyl groups excluding tert-OH is 1. The third kappa shape index (κ3) is 3.17. The molecule has 0 aromatic heterocycles. The number of nitrogens with two attached hydrogens (primary N) is 1. The lowest BCUT2D eigenvalue weighted by atomic mass is 10.1. The van der Waals surface area contributed by atoms with E-state index in [0.717, 1.165) is 0 Å². The van der Waals surface area contributed by atoms with E-state index in [1.807, 2.05) is 0 Å². The van der Waals surface area contributed by atoms with Gasteiger partial charge in [-0.05, 0) is 25.0 Å². The molecule has 0 aliphatic carbocycles. The van der Waals surface area contributed by atoms with Crippen LogP contribution in [0.1, 0.15) is 22.3 Å².